The maximum absolute atomic E-state index is 12.7. The summed E-state index contributed by atoms with van der Waals surface area (Å²) in [6.07, 6.45) is 4.66. The van der Waals surface area contributed by atoms with E-state index in [9.17, 15) is 9.59 Å². The van der Waals surface area contributed by atoms with Gasteiger partial charge in [-0.2, -0.15) is 0 Å². The van der Waals surface area contributed by atoms with Gasteiger partial charge in [0.15, 0.2) is 0 Å². The standard InChI is InChI=1S/C19H22N2O3/c1-24-17-7-5-14(6-8-17)16-4-2-3-11-21(13-16)19(23)15-9-10-20-18(22)12-15/h5-10,12,16H,2-4,11,13H2,1H3,(H,20,22)/t16-/m0/s1. The molecule has 0 aliphatic carbocycles. The fourth-order valence-corrected chi connectivity index (χ4v) is 3.23. The lowest BCUT2D eigenvalue weighted by atomic mass is 9.94. The second-order valence-electron chi connectivity index (χ2n) is 6.16. The van der Waals surface area contributed by atoms with Crippen LogP contribution in [0.2, 0.25) is 0 Å². The number of ether oxygens (including phenoxy) is 1. The summed E-state index contributed by atoms with van der Waals surface area (Å²) < 4.78 is 5.21. The number of hydrogen-bond acceptors (Lipinski definition) is 3. The van der Waals surface area contributed by atoms with Gasteiger partial charge in [0.25, 0.3) is 5.91 Å². The van der Waals surface area contributed by atoms with E-state index in [1.807, 2.05) is 17.0 Å². The van der Waals surface area contributed by atoms with E-state index >= 15 is 0 Å². The van der Waals surface area contributed by atoms with Gasteiger partial charge < -0.3 is 14.6 Å². The van der Waals surface area contributed by atoms with Crippen LogP contribution < -0.4 is 10.3 Å². The van der Waals surface area contributed by atoms with Crippen LogP contribution in [-0.2, 0) is 0 Å². The van der Waals surface area contributed by atoms with Crippen molar-refractivity contribution >= 4 is 5.91 Å². The third-order valence-corrected chi connectivity index (χ3v) is 4.57. The molecule has 0 bridgehead atoms. The molecule has 1 fully saturated rings. The summed E-state index contributed by atoms with van der Waals surface area (Å²) in [5, 5.41) is 0. The largest absolute Gasteiger partial charge is 0.497 e. The zero-order valence-corrected chi connectivity index (χ0v) is 13.8. The quantitative estimate of drug-likeness (QED) is 0.943. The number of pyridine rings is 1. The van der Waals surface area contributed by atoms with E-state index in [1.54, 1.807) is 13.2 Å². The van der Waals surface area contributed by atoms with E-state index in [0.29, 0.717) is 18.0 Å². The Morgan fingerprint density at radius 1 is 1.21 bits per heavy atom. The smallest absolute Gasteiger partial charge is 0.254 e. The van der Waals surface area contributed by atoms with Crippen molar-refractivity contribution in [1.29, 1.82) is 0 Å². The molecule has 1 aromatic heterocycles. The molecule has 126 valence electrons. The van der Waals surface area contributed by atoms with Crippen molar-refractivity contribution in [3.63, 3.8) is 0 Å². The molecule has 5 nitrogen and oxygen atoms in total. The molecule has 1 aliphatic rings. The second kappa shape index (κ2) is 7.34. The third kappa shape index (κ3) is 3.67. The number of methoxy groups -OCH3 is 1. The number of hydrogen-bond donors (Lipinski definition) is 1. The number of carbonyl (C=O) groups excluding carboxylic acids is 1. The molecule has 5 heteroatoms. The summed E-state index contributed by atoms with van der Waals surface area (Å²) in [6, 6.07) is 11.1. The predicted octanol–water partition coefficient (Wildman–Crippen LogP) is 2.79. The van der Waals surface area contributed by atoms with E-state index in [1.165, 1.54) is 17.8 Å². The first-order valence-electron chi connectivity index (χ1n) is 8.29. The Labute approximate surface area is 141 Å². The first kappa shape index (κ1) is 16.3. The lowest BCUT2D eigenvalue weighted by Crippen LogP contribution is -2.34. The monoisotopic (exact) mass is 326 g/mol. The molecule has 24 heavy (non-hydrogen) atoms. The lowest BCUT2D eigenvalue weighted by molar-refractivity contribution is 0.0754. The van der Waals surface area contributed by atoms with E-state index < -0.39 is 0 Å². The van der Waals surface area contributed by atoms with Crippen molar-refractivity contribution in [2.75, 3.05) is 20.2 Å². The van der Waals surface area contributed by atoms with Gasteiger partial charge in [0, 0.05) is 36.8 Å². The molecular formula is C19H22N2O3. The van der Waals surface area contributed by atoms with Gasteiger partial charge in [-0.15, -0.1) is 0 Å². The molecule has 2 heterocycles. The maximum Gasteiger partial charge on any atom is 0.254 e. The van der Waals surface area contributed by atoms with Crippen molar-refractivity contribution in [3.8, 4) is 5.75 Å². The Morgan fingerprint density at radius 2 is 2.00 bits per heavy atom. The molecule has 1 atom stereocenters. The number of aromatic nitrogens is 1. The zero-order valence-electron chi connectivity index (χ0n) is 13.8. The van der Waals surface area contributed by atoms with Gasteiger partial charge in [-0.1, -0.05) is 18.6 Å². The molecule has 0 radical (unpaired) electrons. The fraction of sp³-hybridized carbons (Fsp3) is 0.368. The van der Waals surface area contributed by atoms with Crippen molar-refractivity contribution in [3.05, 3.63) is 64.1 Å². The summed E-state index contributed by atoms with van der Waals surface area (Å²) in [5.41, 5.74) is 1.43. The summed E-state index contributed by atoms with van der Waals surface area (Å²) in [7, 11) is 1.66. The lowest BCUT2D eigenvalue weighted by Gasteiger charge is -2.25. The number of rotatable bonds is 3. The van der Waals surface area contributed by atoms with Crippen molar-refractivity contribution < 1.29 is 9.53 Å². The number of nitrogens with one attached hydrogen (secondary N) is 1. The van der Waals surface area contributed by atoms with Crippen molar-refractivity contribution in [1.82, 2.24) is 9.88 Å². The minimum atomic E-state index is -0.248. The Balaban J connectivity index is 1.79. The van der Waals surface area contributed by atoms with Gasteiger partial charge in [0.1, 0.15) is 5.75 Å². The summed E-state index contributed by atoms with van der Waals surface area (Å²) in [6.45, 7) is 1.41. The number of likely N-dealkylation sites (tertiary alicyclic amines) is 1. The molecule has 1 N–H and O–H groups in total. The summed E-state index contributed by atoms with van der Waals surface area (Å²) >= 11 is 0. The van der Waals surface area contributed by atoms with E-state index in [4.69, 9.17) is 4.74 Å². The van der Waals surface area contributed by atoms with Crippen molar-refractivity contribution in [2.24, 2.45) is 0 Å². The van der Waals surface area contributed by atoms with Crippen LogP contribution in [0, 0.1) is 0 Å². The Morgan fingerprint density at radius 3 is 2.71 bits per heavy atom. The van der Waals surface area contributed by atoms with E-state index in [2.05, 4.69) is 17.1 Å². The Kier molecular flexibility index (Phi) is 4.99. The van der Waals surface area contributed by atoms with Crippen LogP contribution in [0.15, 0.2) is 47.4 Å². The molecule has 0 spiro atoms. The Hall–Kier alpha value is -2.56. The van der Waals surface area contributed by atoms with Gasteiger partial charge in [-0.3, -0.25) is 9.59 Å². The van der Waals surface area contributed by atoms with Crippen LogP contribution in [0.4, 0.5) is 0 Å². The number of benzene rings is 1. The number of H-pyrrole nitrogens is 1. The van der Waals surface area contributed by atoms with Crippen LogP contribution in [0.1, 0.15) is 41.1 Å². The molecule has 3 rings (SSSR count). The summed E-state index contributed by atoms with van der Waals surface area (Å²) in [4.78, 5) is 28.6. The average molecular weight is 326 g/mol. The number of amides is 1. The molecule has 2 aromatic rings. The minimum absolute atomic E-state index is 0.0680. The van der Waals surface area contributed by atoms with Gasteiger partial charge >= 0.3 is 0 Å². The number of nitrogens with zero attached hydrogens (tertiary/aromatic N) is 1. The number of aromatic amines is 1. The topological polar surface area (TPSA) is 62.4 Å². The predicted molar refractivity (Wildman–Crippen MR) is 92.6 cm³/mol. The maximum atomic E-state index is 12.7. The van der Waals surface area contributed by atoms with Crippen molar-refractivity contribution in [2.45, 2.75) is 25.2 Å². The molecule has 0 saturated carbocycles. The first-order valence-corrected chi connectivity index (χ1v) is 8.29. The highest BCUT2D eigenvalue weighted by atomic mass is 16.5. The molecule has 1 aromatic carbocycles. The molecule has 1 amide bonds. The van der Waals surface area contributed by atoms with Crippen LogP contribution in [-0.4, -0.2) is 36.0 Å². The highest BCUT2D eigenvalue weighted by molar-refractivity contribution is 5.94. The van der Waals surface area contributed by atoms with Crippen LogP contribution >= 0.6 is 0 Å². The third-order valence-electron chi connectivity index (χ3n) is 4.57. The highest BCUT2D eigenvalue weighted by Gasteiger charge is 2.24. The summed E-state index contributed by atoms with van der Waals surface area (Å²) in [5.74, 6) is 1.08. The van der Waals surface area contributed by atoms with Crippen LogP contribution in [0.25, 0.3) is 0 Å². The Bertz CT molecular complexity index is 752. The SMILES string of the molecule is COc1ccc([C@H]2CCCCN(C(=O)c3cc[nH]c(=O)c3)C2)cc1. The second-order valence-corrected chi connectivity index (χ2v) is 6.16. The molecule has 1 aliphatic heterocycles. The molecule has 0 unspecified atom stereocenters. The van der Waals surface area contributed by atoms with Gasteiger partial charge in [-0.05, 0) is 36.6 Å². The fourth-order valence-electron chi connectivity index (χ4n) is 3.23. The van der Waals surface area contributed by atoms with Gasteiger partial charge in [0.2, 0.25) is 5.56 Å². The van der Waals surface area contributed by atoms with Crippen LogP contribution in [0.3, 0.4) is 0 Å². The first-order chi connectivity index (χ1) is 11.7. The average Bonchev–Trinajstić information content (AvgIpc) is 2.87. The van der Waals surface area contributed by atoms with Gasteiger partial charge in [-0.25, -0.2) is 0 Å². The molecular weight excluding hydrogens is 304 g/mol. The normalized spacial score (nSPS) is 18.0. The van der Waals surface area contributed by atoms with Crippen LogP contribution in [0.5, 0.6) is 5.75 Å². The van der Waals surface area contributed by atoms with Gasteiger partial charge in [0.05, 0.1) is 7.11 Å². The van der Waals surface area contributed by atoms with E-state index in [0.717, 1.165) is 31.6 Å². The minimum Gasteiger partial charge on any atom is -0.497 e. The molecule has 1 saturated heterocycles. The zero-order chi connectivity index (χ0) is 16.9. The number of carbonyl (C=O) groups is 1. The van der Waals surface area contributed by atoms with E-state index in [-0.39, 0.29) is 11.5 Å². The highest BCUT2D eigenvalue weighted by Crippen LogP contribution is 2.28.